The maximum absolute atomic E-state index is 4.27. The molecule has 2 aliphatic rings. The summed E-state index contributed by atoms with van der Waals surface area (Å²) in [6.07, 6.45) is 8.18. The van der Waals surface area contributed by atoms with Gasteiger partial charge in [0.25, 0.3) is 0 Å². The standard InChI is InChI=1S/C15H25N/c1-11-9-13-7-5-6-8-14(13)10-15(11)12(2)16(3)4/h11,15H,2,5-10H2,1,3-4H3. The van der Waals surface area contributed by atoms with Crippen LogP contribution in [0.4, 0.5) is 0 Å². The molecule has 90 valence electrons. The van der Waals surface area contributed by atoms with Crippen molar-refractivity contribution in [2.24, 2.45) is 11.8 Å². The van der Waals surface area contributed by atoms with Crippen LogP contribution in [0, 0.1) is 11.8 Å². The second-order valence-corrected chi connectivity index (χ2v) is 5.79. The van der Waals surface area contributed by atoms with E-state index in [2.05, 4.69) is 32.5 Å². The number of hydrogen-bond donors (Lipinski definition) is 0. The predicted molar refractivity (Wildman–Crippen MR) is 70.2 cm³/mol. The maximum atomic E-state index is 4.27. The van der Waals surface area contributed by atoms with E-state index in [9.17, 15) is 0 Å². The van der Waals surface area contributed by atoms with Gasteiger partial charge in [0.15, 0.2) is 0 Å². The molecule has 2 unspecified atom stereocenters. The highest BCUT2D eigenvalue weighted by Crippen LogP contribution is 2.43. The largest absolute Gasteiger partial charge is 0.381 e. The lowest BCUT2D eigenvalue weighted by Gasteiger charge is -2.38. The fourth-order valence-electron chi connectivity index (χ4n) is 3.30. The first-order chi connectivity index (χ1) is 7.59. The van der Waals surface area contributed by atoms with Gasteiger partial charge in [-0.15, -0.1) is 0 Å². The van der Waals surface area contributed by atoms with Crippen LogP contribution in [-0.2, 0) is 0 Å². The van der Waals surface area contributed by atoms with Gasteiger partial charge in [-0.3, -0.25) is 0 Å². The van der Waals surface area contributed by atoms with Crippen molar-refractivity contribution in [3.05, 3.63) is 23.4 Å². The molecular formula is C15H25N. The summed E-state index contributed by atoms with van der Waals surface area (Å²) in [4.78, 5) is 2.20. The molecule has 0 radical (unpaired) electrons. The average Bonchev–Trinajstić information content (AvgIpc) is 2.27. The van der Waals surface area contributed by atoms with Gasteiger partial charge in [-0.2, -0.15) is 0 Å². The fraction of sp³-hybridized carbons (Fsp3) is 0.733. The summed E-state index contributed by atoms with van der Waals surface area (Å²) in [6, 6.07) is 0. The van der Waals surface area contributed by atoms with Crippen LogP contribution < -0.4 is 0 Å². The first kappa shape index (κ1) is 11.8. The molecule has 0 aromatic carbocycles. The Balaban J connectivity index is 2.14. The number of nitrogens with zero attached hydrogens (tertiary/aromatic N) is 1. The van der Waals surface area contributed by atoms with Gasteiger partial charge in [0.1, 0.15) is 0 Å². The molecule has 0 amide bonds. The van der Waals surface area contributed by atoms with E-state index >= 15 is 0 Å². The van der Waals surface area contributed by atoms with Gasteiger partial charge >= 0.3 is 0 Å². The van der Waals surface area contributed by atoms with Gasteiger partial charge in [-0.25, -0.2) is 0 Å². The molecule has 2 rings (SSSR count). The highest BCUT2D eigenvalue weighted by atomic mass is 15.1. The van der Waals surface area contributed by atoms with Crippen LogP contribution in [0.2, 0.25) is 0 Å². The third-order valence-electron chi connectivity index (χ3n) is 4.43. The second kappa shape index (κ2) is 4.65. The molecular weight excluding hydrogens is 194 g/mol. The van der Waals surface area contributed by atoms with E-state index in [0.717, 1.165) is 5.92 Å². The molecule has 0 saturated heterocycles. The normalized spacial score (nSPS) is 29.9. The number of allylic oxidation sites excluding steroid dienone is 3. The Hall–Kier alpha value is -0.720. The second-order valence-electron chi connectivity index (χ2n) is 5.79. The summed E-state index contributed by atoms with van der Waals surface area (Å²) in [7, 11) is 4.25. The number of rotatable bonds is 2. The third-order valence-corrected chi connectivity index (χ3v) is 4.43. The summed E-state index contributed by atoms with van der Waals surface area (Å²) in [5, 5.41) is 0. The monoisotopic (exact) mass is 219 g/mol. The lowest BCUT2D eigenvalue weighted by molar-refractivity contribution is 0.299. The molecule has 0 aromatic rings. The molecule has 1 nitrogen and oxygen atoms in total. The average molecular weight is 219 g/mol. The zero-order valence-corrected chi connectivity index (χ0v) is 11.1. The van der Waals surface area contributed by atoms with Crippen molar-refractivity contribution in [3.8, 4) is 0 Å². The zero-order chi connectivity index (χ0) is 11.7. The maximum Gasteiger partial charge on any atom is 0.00920 e. The Kier molecular flexibility index (Phi) is 3.41. The van der Waals surface area contributed by atoms with Crippen molar-refractivity contribution in [3.63, 3.8) is 0 Å². The summed E-state index contributed by atoms with van der Waals surface area (Å²) < 4.78 is 0. The minimum Gasteiger partial charge on any atom is -0.381 e. The molecule has 0 N–H and O–H groups in total. The molecule has 0 heterocycles. The van der Waals surface area contributed by atoms with Gasteiger partial charge in [0, 0.05) is 25.7 Å². The van der Waals surface area contributed by atoms with E-state index in [0.29, 0.717) is 5.92 Å². The Morgan fingerprint density at radius 1 is 1.12 bits per heavy atom. The minimum atomic E-state index is 0.687. The van der Waals surface area contributed by atoms with Crippen LogP contribution in [0.25, 0.3) is 0 Å². The quantitative estimate of drug-likeness (QED) is 0.635. The van der Waals surface area contributed by atoms with Gasteiger partial charge < -0.3 is 4.90 Å². The Labute approximate surface area is 100 Å². The molecule has 0 spiro atoms. The van der Waals surface area contributed by atoms with E-state index in [1.165, 1.54) is 44.2 Å². The van der Waals surface area contributed by atoms with E-state index in [-0.39, 0.29) is 0 Å². The highest BCUT2D eigenvalue weighted by molar-refractivity contribution is 5.24. The molecule has 1 heteroatoms. The topological polar surface area (TPSA) is 3.24 Å². The predicted octanol–water partition coefficient (Wildman–Crippen LogP) is 3.98. The Bertz CT molecular complexity index is 311. The van der Waals surface area contributed by atoms with Crippen molar-refractivity contribution < 1.29 is 0 Å². The fourth-order valence-corrected chi connectivity index (χ4v) is 3.30. The van der Waals surface area contributed by atoms with Gasteiger partial charge in [0.2, 0.25) is 0 Å². The molecule has 0 saturated carbocycles. The summed E-state index contributed by atoms with van der Waals surface area (Å²) in [5.41, 5.74) is 4.89. The SMILES string of the molecule is C=C(C1CC2=C(CCCC2)CC1C)N(C)C. The van der Waals surface area contributed by atoms with Gasteiger partial charge in [-0.05, 0) is 44.4 Å². The van der Waals surface area contributed by atoms with Crippen molar-refractivity contribution in [2.75, 3.05) is 14.1 Å². The van der Waals surface area contributed by atoms with Crippen LogP contribution in [0.1, 0.15) is 45.4 Å². The highest BCUT2D eigenvalue weighted by Gasteiger charge is 2.30. The first-order valence-electron chi connectivity index (χ1n) is 6.65. The van der Waals surface area contributed by atoms with Crippen molar-refractivity contribution in [2.45, 2.75) is 45.4 Å². The Morgan fingerprint density at radius 2 is 1.69 bits per heavy atom. The van der Waals surface area contributed by atoms with E-state index < -0.39 is 0 Å². The minimum absolute atomic E-state index is 0.687. The van der Waals surface area contributed by atoms with Crippen LogP contribution >= 0.6 is 0 Å². The Morgan fingerprint density at radius 3 is 2.25 bits per heavy atom. The van der Waals surface area contributed by atoms with Crippen LogP contribution in [0.15, 0.2) is 23.4 Å². The molecule has 0 fully saturated rings. The van der Waals surface area contributed by atoms with E-state index in [4.69, 9.17) is 0 Å². The van der Waals surface area contributed by atoms with Gasteiger partial charge in [0.05, 0.1) is 0 Å². The molecule has 16 heavy (non-hydrogen) atoms. The zero-order valence-electron chi connectivity index (χ0n) is 11.1. The van der Waals surface area contributed by atoms with Crippen molar-refractivity contribution >= 4 is 0 Å². The molecule has 0 aliphatic heterocycles. The third kappa shape index (κ3) is 2.18. The smallest absolute Gasteiger partial charge is 0.00920 e. The van der Waals surface area contributed by atoms with Crippen molar-refractivity contribution in [1.82, 2.24) is 4.90 Å². The van der Waals surface area contributed by atoms with Crippen LogP contribution in [0.3, 0.4) is 0 Å². The lowest BCUT2D eigenvalue weighted by atomic mass is 9.71. The summed E-state index contributed by atoms with van der Waals surface area (Å²) in [5.74, 6) is 1.47. The lowest BCUT2D eigenvalue weighted by Crippen LogP contribution is -2.28. The van der Waals surface area contributed by atoms with E-state index in [1.54, 1.807) is 11.1 Å². The summed E-state index contributed by atoms with van der Waals surface area (Å²) in [6.45, 7) is 6.67. The van der Waals surface area contributed by atoms with Crippen LogP contribution in [-0.4, -0.2) is 19.0 Å². The molecule has 2 aliphatic carbocycles. The molecule has 0 aromatic heterocycles. The summed E-state index contributed by atoms with van der Waals surface area (Å²) >= 11 is 0. The van der Waals surface area contributed by atoms with Crippen LogP contribution in [0.5, 0.6) is 0 Å². The number of hydrogen-bond acceptors (Lipinski definition) is 1. The van der Waals surface area contributed by atoms with Crippen molar-refractivity contribution in [1.29, 1.82) is 0 Å². The molecule has 2 atom stereocenters. The first-order valence-corrected chi connectivity index (χ1v) is 6.65. The van der Waals surface area contributed by atoms with Gasteiger partial charge in [-0.1, -0.05) is 24.6 Å². The molecule has 0 bridgehead atoms. The van der Waals surface area contributed by atoms with E-state index in [1.807, 2.05) is 0 Å².